The number of ether oxygens (including phenoxy) is 1. The first kappa shape index (κ1) is 22.8. The van der Waals surface area contributed by atoms with Crippen LogP contribution < -0.4 is 15.5 Å². The number of hydrogen-bond acceptors (Lipinski definition) is 7. The molecule has 3 heterocycles. The molecule has 1 fully saturated rings. The van der Waals surface area contributed by atoms with Crippen LogP contribution in [0.15, 0.2) is 24.3 Å². The summed E-state index contributed by atoms with van der Waals surface area (Å²) in [7, 11) is -1.42. The van der Waals surface area contributed by atoms with E-state index in [4.69, 9.17) is 14.7 Å². The number of aromatic nitrogens is 2. The molecule has 2 aliphatic rings. The first-order valence-electron chi connectivity index (χ1n) is 10.7. The molecule has 2 aromatic rings. The summed E-state index contributed by atoms with van der Waals surface area (Å²) < 4.78 is 26.9. The molecule has 0 spiro atoms. The van der Waals surface area contributed by atoms with Gasteiger partial charge in [-0.3, -0.25) is 9.11 Å². The Morgan fingerprint density at radius 3 is 2.53 bits per heavy atom. The first-order valence-corrected chi connectivity index (χ1v) is 12.3. The average molecular weight is 462 g/mol. The van der Waals surface area contributed by atoms with Crippen LogP contribution in [0.5, 0.6) is 0 Å². The molecule has 2 aliphatic heterocycles. The molecule has 0 radical (unpaired) electrons. The molecule has 2 unspecified atom stereocenters. The van der Waals surface area contributed by atoms with Crippen molar-refractivity contribution >= 4 is 28.1 Å². The molecule has 0 saturated carbocycles. The van der Waals surface area contributed by atoms with Crippen molar-refractivity contribution in [1.29, 1.82) is 0 Å². The number of benzene rings is 1. The smallest absolute Gasteiger partial charge is 0.318 e. The van der Waals surface area contributed by atoms with Crippen molar-refractivity contribution in [3.05, 3.63) is 35.5 Å². The molecule has 4 N–H and O–H groups in total. The third-order valence-electron chi connectivity index (χ3n) is 6.41. The molecule has 1 saturated heterocycles. The number of carbonyl (C=O) groups excluding carboxylic acids is 1. The van der Waals surface area contributed by atoms with Crippen LogP contribution >= 0.6 is 10.6 Å². The summed E-state index contributed by atoms with van der Waals surface area (Å²) >= 11 is 0. The fraction of sp³-hybridized carbons (Fsp3) is 0.500. The van der Waals surface area contributed by atoms with Crippen LogP contribution in [-0.4, -0.2) is 58.0 Å². The van der Waals surface area contributed by atoms with E-state index >= 15 is 0 Å². The average Bonchev–Trinajstić information content (AvgIpc) is 2.91. The molecule has 9 nitrogen and oxygen atoms in total. The largest absolute Gasteiger partial charge is 0.377 e. The minimum Gasteiger partial charge on any atom is -0.377 e. The van der Waals surface area contributed by atoms with E-state index < -0.39 is 20.6 Å². The molecule has 1 aromatic heterocycles. The molecule has 0 aliphatic carbocycles. The number of hydrogen-bond donors (Lipinski definition) is 4. The molecule has 174 valence electrons. The zero-order valence-corrected chi connectivity index (χ0v) is 19.9. The highest BCUT2D eigenvalue weighted by atomic mass is 32.3. The lowest BCUT2D eigenvalue weighted by molar-refractivity contribution is 0.0984. The summed E-state index contributed by atoms with van der Waals surface area (Å²) in [5.41, 5.74) is 2.92. The number of urea groups is 1. The highest BCUT2D eigenvalue weighted by Gasteiger charge is 2.52. The molecular formula is C22H31N5O4S. The van der Waals surface area contributed by atoms with Crippen molar-refractivity contribution in [1.82, 2.24) is 15.3 Å². The first-order chi connectivity index (χ1) is 15.1. The normalized spacial score (nSPS) is 24.5. The zero-order chi connectivity index (χ0) is 23.3. The minimum absolute atomic E-state index is 0.104. The van der Waals surface area contributed by atoms with Gasteiger partial charge in [0.2, 0.25) is 0 Å². The van der Waals surface area contributed by atoms with Gasteiger partial charge in [-0.25, -0.2) is 14.8 Å². The lowest BCUT2D eigenvalue weighted by Crippen LogP contribution is -2.44. The van der Waals surface area contributed by atoms with Gasteiger partial charge in [0.15, 0.2) is 5.82 Å². The molecule has 1 aromatic carbocycles. The maximum Gasteiger partial charge on any atom is 0.318 e. The molecule has 4 rings (SSSR count). The van der Waals surface area contributed by atoms with Gasteiger partial charge in [-0.15, -0.1) is 0 Å². The summed E-state index contributed by atoms with van der Waals surface area (Å²) in [6.45, 7) is 9.45. The summed E-state index contributed by atoms with van der Waals surface area (Å²) in [4.78, 5) is 23.5. The second-order valence-corrected chi connectivity index (χ2v) is 11.7. The highest BCUT2D eigenvalue weighted by molar-refractivity contribution is 8.25. The fourth-order valence-corrected chi connectivity index (χ4v) is 6.20. The predicted octanol–water partition coefficient (Wildman–Crippen LogP) is 4.18. The van der Waals surface area contributed by atoms with Crippen LogP contribution in [0, 0.1) is 0 Å². The minimum atomic E-state index is -2.98. The number of nitrogens with zero attached hydrogens (tertiary/aromatic N) is 3. The van der Waals surface area contributed by atoms with Crippen LogP contribution in [-0.2, 0) is 9.48 Å². The Morgan fingerprint density at radius 2 is 1.91 bits per heavy atom. The second kappa shape index (κ2) is 8.18. The Kier molecular flexibility index (Phi) is 5.83. The van der Waals surface area contributed by atoms with E-state index in [0.29, 0.717) is 37.0 Å². The Balaban J connectivity index is 1.84. The molecule has 0 bridgehead atoms. The van der Waals surface area contributed by atoms with Crippen molar-refractivity contribution in [2.75, 3.05) is 37.0 Å². The summed E-state index contributed by atoms with van der Waals surface area (Å²) in [6.07, 6.45) is 0. The number of carbonyl (C=O) groups is 1. The standard InChI is InChI=1S/C22H31N5O4S/c1-13-12-31-11-10-27(13)20-17-14(2)32(29,30)22(3,4)18(17)25-19(26-20)15-6-8-16(9-7-15)24-21(28)23-5/h6-9,13-14,29-30H,10-12H2,1-5H3,(H2,23,24,28). The molecule has 32 heavy (non-hydrogen) atoms. The van der Waals surface area contributed by atoms with Crippen molar-refractivity contribution in [2.45, 2.75) is 43.7 Å². The fourth-order valence-electron chi connectivity index (χ4n) is 4.33. The number of rotatable bonds is 3. The Hall–Kier alpha value is -2.40. The van der Waals surface area contributed by atoms with Gasteiger partial charge in [-0.1, -0.05) is 0 Å². The van der Waals surface area contributed by atoms with Gasteiger partial charge in [-0.2, -0.15) is 10.6 Å². The second-order valence-electron chi connectivity index (χ2n) is 8.78. The van der Waals surface area contributed by atoms with E-state index in [-0.39, 0.29) is 12.1 Å². The maximum absolute atomic E-state index is 11.6. The number of nitrogens with one attached hydrogen (secondary N) is 2. The van der Waals surface area contributed by atoms with Gasteiger partial charge >= 0.3 is 6.03 Å². The predicted molar refractivity (Wildman–Crippen MR) is 127 cm³/mol. The number of anilines is 2. The van der Waals surface area contributed by atoms with E-state index in [1.807, 2.05) is 32.9 Å². The van der Waals surface area contributed by atoms with Gasteiger partial charge in [0, 0.05) is 30.4 Å². The van der Waals surface area contributed by atoms with E-state index in [9.17, 15) is 13.9 Å². The number of fused-ring (bicyclic) bond motifs is 1. The van der Waals surface area contributed by atoms with Crippen LogP contribution in [0.4, 0.5) is 16.3 Å². The van der Waals surface area contributed by atoms with Crippen molar-refractivity contribution in [3.8, 4) is 11.4 Å². The van der Waals surface area contributed by atoms with Crippen LogP contribution in [0.25, 0.3) is 11.4 Å². The van der Waals surface area contributed by atoms with E-state index in [2.05, 4.69) is 22.5 Å². The maximum atomic E-state index is 11.6. The van der Waals surface area contributed by atoms with Crippen molar-refractivity contribution < 1.29 is 18.6 Å². The van der Waals surface area contributed by atoms with Gasteiger partial charge in [-0.05, 0) is 52.0 Å². The molecule has 2 atom stereocenters. The third kappa shape index (κ3) is 3.61. The van der Waals surface area contributed by atoms with Crippen molar-refractivity contribution in [3.63, 3.8) is 0 Å². The molecular weight excluding hydrogens is 430 g/mol. The Labute approximate surface area is 189 Å². The van der Waals surface area contributed by atoms with E-state index in [1.165, 1.54) is 0 Å². The lowest BCUT2D eigenvalue weighted by atomic mass is 10.0. The van der Waals surface area contributed by atoms with Gasteiger partial charge < -0.3 is 20.3 Å². The van der Waals surface area contributed by atoms with Crippen molar-refractivity contribution in [2.24, 2.45) is 0 Å². The molecule has 10 heteroatoms. The summed E-state index contributed by atoms with van der Waals surface area (Å²) in [5.74, 6) is 1.26. The van der Waals surface area contributed by atoms with E-state index in [0.717, 1.165) is 16.9 Å². The van der Waals surface area contributed by atoms with Crippen LogP contribution in [0.3, 0.4) is 0 Å². The highest BCUT2D eigenvalue weighted by Crippen LogP contribution is 2.73. The lowest BCUT2D eigenvalue weighted by Gasteiger charge is -2.43. The third-order valence-corrected chi connectivity index (χ3v) is 9.33. The van der Waals surface area contributed by atoms with Gasteiger partial charge in [0.05, 0.1) is 34.9 Å². The number of morpholine rings is 1. The Bertz CT molecular complexity index is 1030. The summed E-state index contributed by atoms with van der Waals surface area (Å²) in [5, 5.41) is 4.79. The number of amides is 2. The van der Waals surface area contributed by atoms with E-state index in [1.54, 1.807) is 19.2 Å². The molecule has 2 amide bonds. The monoisotopic (exact) mass is 461 g/mol. The topological polar surface area (TPSA) is 120 Å². The van der Waals surface area contributed by atoms with Gasteiger partial charge in [0.25, 0.3) is 0 Å². The Morgan fingerprint density at radius 1 is 1.22 bits per heavy atom. The summed E-state index contributed by atoms with van der Waals surface area (Å²) in [6, 6.07) is 7.09. The zero-order valence-electron chi connectivity index (χ0n) is 19.0. The van der Waals surface area contributed by atoms with Crippen LogP contribution in [0.1, 0.15) is 44.2 Å². The van der Waals surface area contributed by atoms with Crippen LogP contribution in [0.2, 0.25) is 0 Å². The van der Waals surface area contributed by atoms with Gasteiger partial charge in [0.1, 0.15) is 5.82 Å². The SMILES string of the molecule is CNC(=O)Nc1ccc(-c2nc(N3CCOCC3C)c3c(n2)C(C)(C)S(O)(O)C3C)cc1. The quantitative estimate of drug-likeness (QED) is 0.541.